The number of fused-ring (bicyclic) bond motifs is 1. The number of carbonyl (C=O) groups is 1. The molecule has 3 nitrogen and oxygen atoms in total. The lowest BCUT2D eigenvalue weighted by Gasteiger charge is -2.11. The highest BCUT2D eigenvalue weighted by atomic mass is 35.5. The summed E-state index contributed by atoms with van der Waals surface area (Å²) in [7, 11) is 0. The molecule has 0 aliphatic carbocycles. The van der Waals surface area contributed by atoms with Crippen molar-refractivity contribution in [2.24, 2.45) is 0 Å². The first-order chi connectivity index (χ1) is 10.6. The van der Waals surface area contributed by atoms with Gasteiger partial charge in [0.25, 0.3) is 0 Å². The molecule has 0 fully saturated rings. The van der Waals surface area contributed by atoms with Crippen LogP contribution < -0.4 is 4.74 Å². The predicted octanol–water partition coefficient (Wildman–Crippen LogP) is 5.07. The fourth-order valence-corrected chi connectivity index (χ4v) is 2.67. The molecule has 5 heteroatoms. The lowest BCUT2D eigenvalue weighted by molar-refractivity contribution is 0.0737. The molecule has 22 heavy (non-hydrogen) atoms. The summed E-state index contributed by atoms with van der Waals surface area (Å²) < 4.78 is 5.46. The first-order valence-corrected chi connectivity index (χ1v) is 7.34. The lowest BCUT2D eigenvalue weighted by atomic mass is 10.2. The fraction of sp³-hybridized carbons (Fsp3) is 0.0588. The van der Waals surface area contributed by atoms with Crippen molar-refractivity contribution in [1.82, 2.24) is 4.98 Å². The maximum Gasteiger partial charge on any atom is 0.343 e. The van der Waals surface area contributed by atoms with E-state index in [1.165, 1.54) is 0 Å². The zero-order chi connectivity index (χ0) is 15.7. The van der Waals surface area contributed by atoms with Crippen LogP contribution in [0.2, 0.25) is 10.0 Å². The van der Waals surface area contributed by atoms with E-state index < -0.39 is 5.97 Å². The highest BCUT2D eigenvalue weighted by Crippen LogP contribution is 2.37. The number of nitrogens with zero attached hydrogens (tertiary/aromatic N) is 1. The van der Waals surface area contributed by atoms with Crippen LogP contribution >= 0.6 is 23.2 Å². The Morgan fingerprint density at radius 3 is 2.50 bits per heavy atom. The normalized spacial score (nSPS) is 10.7. The number of aryl methyl sites for hydroxylation is 1. The van der Waals surface area contributed by atoms with E-state index in [0.717, 1.165) is 5.69 Å². The quantitative estimate of drug-likeness (QED) is 0.486. The predicted molar refractivity (Wildman–Crippen MR) is 87.9 cm³/mol. The molecule has 0 atom stereocenters. The van der Waals surface area contributed by atoms with E-state index in [1.54, 1.807) is 30.3 Å². The summed E-state index contributed by atoms with van der Waals surface area (Å²) in [5.41, 5.74) is 1.69. The van der Waals surface area contributed by atoms with Crippen LogP contribution in [0.5, 0.6) is 5.75 Å². The van der Waals surface area contributed by atoms with E-state index in [0.29, 0.717) is 21.5 Å². The van der Waals surface area contributed by atoms with Crippen LogP contribution in [0.3, 0.4) is 0 Å². The van der Waals surface area contributed by atoms with Crippen molar-refractivity contribution in [3.05, 3.63) is 69.8 Å². The number of hydrogen-bond donors (Lipinski definition) is 0. The molecular weight excluding hydrogens is 321 g/mol. The molecule has 0 saturated carbocycles. The first-order valence-electron chi connectivity index (χ1n) is 6.59. The monoisotopic (exact) mass is 331 g/mol. The van der Waals surface area contributed by atoms with Crippen molar-refractivity contribution in [2.75, 3.05) is 0 Å². The van der Waals surface area contributed by atoms with Gasteiger partial charge in [0, 0.05) is 11.1 Å². The summed E-state index contributed by atoms with van der Waals surface area (Å²) in [6, 6.07) is 13.9. The fourth-order valence-electron chi connectivity index (χ4n) is 2.11. The van der Waals surface area contributed by atoms with E-state index in [4.69, 9.17) is 27.9 Å². The van der Waals surface area contributed by atoms with E-state index in [9.17, 15) is 4.79 Å². The summed E-state index contributed by atoms with van der Waals surface area (Å²) >= 11 is 12.4. The van der Waals surface area contributed by atoms with Gasteiger partial charge in [-0.3, -0.25) is 0 Å². The Kier molecular flexibility index (Phi) is 4.01. The van der Waals surface area contributed by atoms with Gasteiger partial charge in [-0.05, 0) is 37.3 Å². The first kappa shape index (κ1) is 14.8. The third-order valence-electron chi connectivity index (χ3n) is 3.18. The van der Waals surface area contributed by atoms with Crippen LogP contribution in [-0.4, -0.2) is 11.0 Å². The largest absolute Gasteiger partial charge is 0.419 e. The van der Waals surface area contributed by atoms with E-state index in [2.05, 4.69) is 4.98 Å². The van der Waals surface area contributed by atoms with Gasteiger partial charge in [0.1, 0.15) is 5.52 Å². The van der Waals surface area contributed by atoms with Crippen molar-refractivity contribution < 1.29 is 9.53 Å². The summed E-state index contributed by atoms with van der Waals surface area (Å²) in [6.45, 7) is 1.84. The Morgan fingerprint density at radius 1 is 1.05 bits per heavy atom. The SMILES string of the molecule is Cc1ccc2c(Cl)cc(Cl)c(OC(=O)c3ccccc3)c2n1. The van der Waals surface area contributed by atoms with Crippen molar-refractivity contribution in [2.45, 2.75) is 6.92 Å². The minimum Gasteiger partial charge on any atom is -0.419 e. The number of esters is 1. The van der Waals surface area contributed by atoms with Gasteiger partial charge in [0.15, 0.2) is 5.75 Å². The molecule has 2 aromatic carbocycles. The Morgan fingerprint density at radius 2 is 1.77 bits per heavy atom. The molecule has 1 heterocycles. The molecule has 1 aromatic heterocycles. The second-order valence-corrected chi connectivity index (χ2v) is 5.59. The molecule has 0 saturated heterocycles. The number of benzene rings is 2. The number of pyridine rings is 1. The number of ether oxygens (including phenoxy) is 1. The van der Waals surface area contributed by atoms with Crippen molar-refractivity contribution in [1.29, 1.82) is 0 Å². The molecule has 0 radical (unpaired) electrons. The number of rotatable bonds is 2. The van der Waals surface area contributed by atoms with Crippen LogP contribution in [0.4, 0.5) is 0 Å². The average Bonchev–Trinajstić information content (AvgIpc) is 2.51. The molecule has 0 spiro atoms. The molecule has 0 aliphatic rings. The van der Waals surface area contributed by atoms with Gasteiger partial charge in [-0.2, -0.15) is 0 Å². The number of hydrogen-bond acceptors (Lipinski definition) is 3. The standard InChI is InChI=1S/C17H11Cl2NO2/c1-10-7-8-12-13(18)9-14(19)16(15(12)20-10)22-17(21)11-5-3-2-4-6-11/h2-9H,1H3. The minimum absolute atomic E-state index is 0.221. The zero-order valence-corrected chi connectivity index (χ0v) is 13.2. The smallest absolute Gasteiger partial charge is 0.343 e. The molecule has 3 aromatic rings. The molecule has 0 N–H and O–H groups in total. The number of carbonyl (C=O) groups excluding carboxylic acids is 1. The van der Waals surface area contributed by atoms with E-state index in [-0.39, 0.29) is 10.8 Å². The Balaban J connectivity index is 2.11. The van der Waals surface area contributed by atoms with Gasteiger partial charge < -0.3 is 4.74 Å². The van der Waals surface area contributed by atoms with Crippen molar-refractivity contribution in [3.63, 3.8) is 0 Å². The van der Waals surface area contributed by atoms with Crippen LogP contribution in [0, 0.1) is 6.92 Å². The Hall–Kier alpha value is -2.10. The van der Waals surface area contributed by atoms with Gasteiger partial charge in [-0.15, -0.1) is 0 Å². The lowest BCUT2D eigenvalue weighted by Crippen LogP contribution is -2.09. The summed E-state index contributed by atoms with van der Waals surface area (Å²) in [5.74, 6) is -0.270. The maximum absolute atomic E-state index is 12.2. The zero-order valence-electron chi connectivity index (χ0n) is 11.6. The minimum atomic E-state index is -0.491. The van der Waals surface area contributed by atoms with E-state index >= 15 is 0 Å². The molecule has 3 rings (SSSR count). The maximum atomic E-state index is 12.2. The molecule has 0 amide bonds. The molecule has 110 valence electrons. The average molecular weight is 332 g/mol. The van der Waals surface area contributed by atoms with Gasteiger partial charge in [-0.25, -0.2) is 9.78 Å². The highest BCUT2D eigenvalue weighted by molar-refractivity contribution is 6.39. The van der Waals surface area contributed by atoms with Gasteiger partial charge >= 0.3 is 5.97 Å². The molecule has 0 aliphatic heterocycles. The summed E-state index contributed by atoms with van der Waals surface area (Å²) in [6.07, 6.45) is 0. The van der Waals surface area contributed by atoms with Crippen molar-refractivity contribution in [3.8, 4) is 5.75 Å². The van der Waals surface area contributed by atoms with Crippen LogP contribution in [-0.2, 0) is 0 Å². The summed E-state index contributed by atoms with van der Waals surface area (Å²) in [5, 5.41) is 1.40. The second kappa shape index (κ2) is 5.95. The number of halogens is 2. The topological polar surface area (TPSA) is 39.2 Å². The number of aromatic nitrogens is 1. The van der Waals surface area contributed by atoms with Crippen LogP contribution in [0.25, 0.3) is 10.9 Å². The second-order valence-electron chi connectivity index (χ2n) is 4.77. The van der Waals surface area contributed by atoms with Gasteiger partial charge in [0.2, 0.25) is 0 Å². The van der Waals surface area contributed by atoms with Gasteiger partial charge in [-0.1, -0.05) is 41.4 Å². The van der Waals surface area contributed by atoms with Gasteiger partial charge in [0.05, 0.1) is 15.6 Å². The molecule has 0 bridgehead atoms. The Bertz CT molecular complexity index is 863. The van der Waals surface area contributed by atoms with Crippen LogP contribution in [0.1, 0.15) is 16.1 Å². The third-order valence-corrected chi connectivity index (χ3v) is 3.77. The Labute approximate surface area is 137 Å². The van der Waals surface area contributed by atoms with Crippen molar-refractivity contribution >= 4 is 40.1 Å². The molecular formula is C17H11Cl2NO2. The molecule has 0 unspecified atom stereocenters. The third kappa shape index (κ3) is 2.78. The highest BCUT2D eigenvalue weighted by Gasteiger charge is 2.17. The van der Waals surface area contributed by atoms with Crippen LogP contribution in [0.15, 0.2) is 48.5 Å². The van der Waals surface area contributed by atoms with E-state index in [1.807, 2.05) is 25.1 Å². The summed E-state index contributed by atoms with van der Waals surface area (Å²) in [4.78, 5) is 16.6.